The van der Waals surface area contributed by atoms with Crippen molar-refractivity contribution in [3.8, 4) is 5.75 Å². The highest BCUT2D eigenvalue weighted by Gasteiger charge is 2.67. The Balaban J connectivity index is 0.00000137. The van der Waals surface area contributed by atoms with Crippen molar-refractivity contribution >= 4 is 10.5 Å². The molecule has 0 aliphatic heterocycles. The van der Waals surface area contributed by atoms with Crippen molar-refractivity contribution in [3.05, 3.63) is 29.8 Å². The Hall–Kier alpha value is -0.980. The van der Waals surface area contributed by atoms with Crippen molar-refractivity contribution in [2.75, 3.05) is 0 Å². The zero-order chi connectivity index (χ0) is 14.7. The van der Waals surface area contributed by atoms with Crippen LogP contribution in [0.3, 0.4) is 0 Å². The van der Waals surface area contributed by atoms with Crippen LogP contribution in [0.5, 0.6) is 5.75 Å². The Morgan fingerprint density at radius 2 is 1.28 bits per heavy atom. The van der Waals surface area contributed by atoms with Gasteiger partial charge >= 0.3 is 10.5 Å². The van der Waals surface area contributed by atoms with Gasteiger partial charge in [-0.2, -0.15) is 0 Å². The van der Waals surface area contributed by atoms with Gasteiger partial charge in [0.05, 0.1) is 0 Å². The van der Waals surface area contributed by atoms with E-state index in [9.17, 15) is 19.4 Å². The first-order valence-corrected chi connectivity index (χ1v) is 7.28. The molecule has 0 amide bonds. The average molecular weight is 292 g/mol. The van der Waals surface area contributed by atoms with Crippen LogP contribution in [0.4, 0.5) is 19.4 Å². The molecule has 108 valence electrons. The van der Waals surface area contributed by atoms with Crippen LogP contribution < -0.4 is 4.18 Å². The molecule has 0 spiro atoms. The topological polar surface area (TPSA) is 9.23 Å². The second-order valence-electron chi connectivity index (χ2n) is 3.71. The molecule has 18 heavy (non-hydrogen) atoms. The van der Waals surface area contributed by atoms with Crippen molar-refractivity contribution in [1.29, 1.82) is 0 Å². The van der Waals surface area contributed by atoms with Crippen LogP contribution in [0, 0.1) is 0 Å². The third-order valence-electron chi connectivity index (χ3n) is 1.80. The molecule has 0 saturated carbocycles. The minimum Gasteiger partial charge on any atom is -0.355 e. The van der Waals surface area contributed by atoms with Gasteiger partial charge in [0.2, 0.25) is 0 Å². The standard InChI is InChI=1S/C9H11F5OS.C2H6/c1-7(2)8-3-5-9(6-4-8)15-16(10,11,12,13)14;1-2/h3-7H,1-2H3;1-2H3. The monoisotopic (exact) mass is 292 g/mol. The van der Waals surface area contributed by atoms with E-state index in [0.717, 1.165) is 17.7 Å². The lowest BCUT2D eigenvalue weighted by atomic mass is 10.0. The van der Waals surface area contributed by atoms with E-state index < -0.39 is 16.3 Å². The summed E-state index contributed by atoms with van der Waals surface area (Å²) in [5.41, 5.74) is 0.745. The average Bonchev–Trinajstić information content (AvgIpc) is 2.17. The van der Waals surface area contributed by atoms with Gasteiger partial charge in [-0.15, -0.1) is 0 Å². The lowest BCUT2D eigenvalue weighted by molar-refractivity contribution is 0.243. The first kappa shape index (κ1) is 17.0. The molecular weight excluding hydrogens is 275 g/mol. The summed E-state index contributed by atoms with van der Waals surface area (Å²) < 4.78 is 62.6. The molecule has 0 aliphatic rings. The third-order valence-corrected chi connectivity index (χ3v) is 2.31. The van der Waals surface area contributed by atoms with E-state index in [-0.39, 0.29) is 5.92 Å². The number of halogens is 5. The lowest BCUT2D eigenvalue weighted by Gasteiger charge is -2.39. The van der Waals surface area contributed by atoms with E-state index in [4.69, 9.17) is 0 Å². The fourth-order valence-electron chi connectivity index (χ4n) is 1.09. The van der Waals surface area contributed by atoms with Gasteiger partial charge in [-0.25, -0.2) is 0 Å². The zero-order valence-electron chi connectivity index (χ0n) is 10.6. The highest BCUT2D eigenvalue weighted by atomic mass is 32.5. The fourth-order valence-corrected chi connectivity index (χ4v) is 1.56. The molecule has 1 aromatic rings. The summed E-state index contributed by atoms with van der Waals surface area (Å²) in [7, 11) is -9.84. The smallest absolute Gasteiger partial charge is 0.355 e. The van der Waals surface area contributed by atoms with E-state index in [2.05, 4.69) is 4.18 Å². The van der Waals surface area contributed by atoms with Crippen LogP contribution in [0.15, 0.2) is 24.3 Å². The van der Waals surface area contributed by atoms with Crippen LogP contribution in [0.2, 0.25) is 0 Å². The first-order chi connectivity index (χ1) is 7.86. The summed E-state index contributed by atoms with van der Waals surface area (Å²) in [4.78, 5) is 0. The van der Waals surface area contributed by atoms with E-state index in [1.807, 2.05) is 27.7 Å². The molecule has 0 bridgehead atoms. The van der Waals surface area contributed by atoms with Crippen LogP contribution in [-0.4, -0.2) is 0 Å². The summed E-state index contributed by atoms with van der Waals surface area (Å²) in [6.07, 6.45) is 0. The minimum absolute atomic E-state index is 0.106. The second kappa shape index (κ2) is 4.60. The molecule has 0 radical (unpaired) electrons. The lowest BCUT2D eigenvalue weighted by Crippen LogP contribution is -2.13. The van der Waals surface area contributed by atoms with E-state index in [0.29, 0.717) is 0 Å². The molecule has 0 N–H and O–H groups in total. The molecule has 1 aromatic carbocycles. The maximum Gasteiger partial charge on any atom is 0.435 e. The molecule has 1 rings (SSSR count). The van der Waals surface area contributed by atoms with Crippen molar-refractivity contribution in [2.24, 2.45) is 0 Å². The van der Waals surface area contributed by atoms with E-state index >= 15 is 0 Å². The van der Waals surface area contributed by atoms with Gasteiger partial charge < -0.3 is 4.18 Å². The molecule has 0 unspecified atom stereocenters. The van der Waals surface area contributed by atoms with Crippen molar-refractivity contribution in [2.45, 2.75) is 33.6 Å². The van der Waals surface area contributed by atoms with Crippen molar-refractivity contribution in [1.82, 2.24) is 0 Å². The van der Waals surface area contributed by atoms with Crippen LogP contribution >= 0.6 is 10.5 Å². The molecular formula is C11H17F5OS. The Kier molecular flexibility index (Phi) is 4.35. The first-order valence-electron chi connectivity index (χ1n) is 5.41. The summed E-state index contributed by atoms with van der Waals surface area (Å²) in [5.74, 6) is -0.794. The SMILES string of the molecule is CC.CC(C)c1ccc(OS(F)(F)(F)(F)F)cc1. The number of hydrogen-bond donors (Lipinski definition) is 0. The molecule has 0 aromatic heterocycles. The number of hydrogen-bond acceptors (Lipinski definition) is 1. The van der Waals surface area contributed by atoms with Crippen LogP contribution in [0.1, 0.15) is 39.2 Å². The zero-order valence-corrected chi connectivity index (χ0v) is 11.4. The van der Waals surface area contributed by atoms with Gasteiger partial charge in [-0.1, -0.05) is 59.3 Å². The van der Waals surface area contributed by atoms with Gasteiger partial charge in [0.25, 0.3) is 0 Å². The van der Waals surface area contributed by atoms with Gasteiger partial charge in [-0.05, 0) is 23.6 Å². The summed E-state index contributed by atoms with van der Waals surface area (Å²) >= 11 is 0. The quantitative estimate of drug-likeness (QED) is 0.583. The molecule has 1 nitrogen and oxygen atoms in total. The molecule has 0 aliphatic carbocycles. The third kappa shape index (κ3) is 7.37. The molecule has 0 fully saturated rings. The maximum atomic E-state index is 11.9. The Bertz CT molecular complexity index is 381. The van der Waals surface area contributed by atoms with Gasteiger partial charge in [-0.3, -0.25) is 0 Å². The normalized spacial score (nSPS) is 15.2. The highest BCUT2D eigenvalue weighted by molar-refractivity contribution is 8.42. The molecule has 0 atom stereocenters. The van der Waals surface area contributed by atoms with Gasteiger partial charge in [0.15, 0.2) is 0 Å². The van der Waals surface area contributed by atoms with Gasteiger partial charge in [0.1, 0.15) is 5.75 Å². The van der Waals surface area contributed by atoms with E-state index in [1.54, 1.807) is 0 Å². The maximum absolute atomic E-state index is 11.9. The molecule has 7 heteroatoms. The molecule has 0 heterocycles. The predicted octanol–water partition coefficient (Wildman–Crippen LogP) is 6.43. The van der Waals surface area contributed by atoms with Crippen molar-refractivity contribution < 1.29 is 23.6 Å². The summed E-state index contributed by atoms with van der Waals surface area (Å²) in [6.45, 7) is 7.67. The number of rotatable bonds is 3. The minimum atomic E-state index is -9.84. The Morgan fingerprint density at radius 1 is 0.889 bits per heavy atom. The highest BCUT2D eigenvalue weighted by Crippen LogP contribution is 2.97. The second-order valence-corrected chi connectivity index (χ2v) is 5.67. The summed E-state index contributed by atoms with van der Waals surface area (Å²) in [5, 5.41) is 0. The number of benzene rings is 1. The Morgan fingerprint density at radius 3 is 1.56 bits per heavy atom. The largest absolute Gasteiger partial charge is 0.435 e. The Labute approximate surface area is 104 Å². The van der Waals surface area contributed by atoms with Crippen LogP contribution in [0.25, 0.3) is 0 Å². The summed E-state index contributed by atoms with van der Waals surface area (Å²) in [6, 6.07) is 4.41. The molecule has 0 saturated heterocycles. The van der Waals surface area contributed by atoms with Crippen LogP contribution in [-0.2, 0) is 0 Å². The fraction of sp³-hybridized carbons (Fsp3) is 0.455. The van der Waals surface area contributed by atoms with Gasteiger partial charge in [0, 0.05) is 0 Å². The predicted molar refractivity (Wildman–Crippen MR) is 65.6 cm³/mol. The van der Waals surface area contributed by atoms with E-state index in [1.165, 1.54) is 12.1 Å². The van der Waals surface area contributed by atoms with Crippen molar-refractivity contribution in [3.63, 3.8) is 0 Å².